The van der Waals surface area contributed by atoms with Crippen molar-refractivity contribution in [3.63, 3.8) is 0 Å². The van der Waals surface area contributed by atoms with Gasteiger partial charge in [-0.15, -0.1) is 0 Å². The number of benzene rings is 1. The van der Waals surface area contributed by atoms with Gasteiger partial charge in [-0.05, 0) is 43.1 Å². The lowest BCUT2D eigenvalue weighted by atomic mass is 10.0. The number of nitrogens with zero attached hydrogens (tertiary/aromatic N) is 1. The summed E-state index contributed by atoms with van der Waals surface area (Å²) in [6.07, 6.45) is 3.07. The quantitative estimate of drug-likeness (QED) is 0.789. The van der Waals surface area contributed by atoms with Crippen LogP contribution in [0.1, 0.15) is 24.8 Å². The van der Waals surface area contributed by atoms with Gasteiger partial charge in [0.25, 0.3) is 0 Å². The predicted octanol–water partition coefficient (Wildman–Crippen LogP) is 2.99. The molecule has 0 N–H and O–H groups in total. The van der Waals surface area contributed by atoms with Gasteiger partial charge in [-0.2, -0.15) is 0 Å². The predicted molar refractivity (Wildman–Crippen MR) is 80.8 cm³/mol. The van der Waals surface area contributed by atoms with E-state index in [1.807, 2.05) is 18.2 Å². The molecular weight excluding hydrogens is 322 g/mol. The maximum Gasteiger partial charge on any atom is 0.323 e. The number of carbonyl (C=O) groups excluding carboxylic acids is 1. The molecule has 5 heteroatoms. The van der Waals surface area contributed by atoms with E-state index in [0.29, 0.717) is 0 Å². The molecule has 0 bridgehead atoms. The van der Waals surface area contributed by atoms with E-state index in [2.05, 4.69) is 20.8 Å². The van der Waals surface area contributed by atoms with Crippen LogP contribution in [0.15, 0.2) is 22.7 Å². The fourth-order valence-corrected chi connectivity index (χ4v) is 2.97. The second-order valence-corrected chi connectivity index (χ2v) is 5.82. The Morgan fingerprint density at radius 2 is 2.20 bits per heavy atom. The van der Waals surface area contributed by atoms with Gasteiger partial charge in [-0.1, -0.05) is 22.4 Å². The van der Waals surface area contributed by atoms with Gasteiger partial charge in [0.05, 0.1) is 14.2 Å². The zero-order valence-electron chi connectivity index (χ0n) is 11.9. The third-order valence-corrected chi connectivity index (χ3v) is 4.49. The molecule has 1 unspecified atom stereocenters. The number of likely N-dealkylation sites (tertiary alicyclic amines) is 1. The molecule has 0 saturated carbocycles. The number of ether oxygens (including phenoxy) is 2. The lowest BCUT2D eigenvalue weighted by Crippen LogP contribution is -2.44. The van der Waals surface area contributed by atoms with Crippen LogP contribution in [0.3, 0.4) is 0 Å². The van der Waals surface area contributed by atoms with Gasteiger partial charge in [0.1, 0.15) is 11.8 Å². The van der Waals surface area contributed by atoms with Crippen LogP contribution in [0, 0.1) is 0 Å². The third kappa shape index (κ3) is 3.52. The third-order valence-electron chi connectivity index (χ3n) is 3.71. The van der Waals surface area contributed by atoms with E-state index < -0.39 is 0 Å². The highest BCUT2D eigenvalue weighted by atomic mass is 79.9. The number of hydrogen-bond donors (Lipinski definition) is 0. The van der Waals surface area contributed by atoms with Crippen LogP contribution in [-0.4, -0.2) is 37.7 Å². The molecule has 0 spiro atoms. The van der Waals surface area contributed by atoms with Gasteiger partial charge in [0.2, 0.25) is 0 Å². The summed E-state index contributed by atoms with van der Waals surface area (Å²) in [5.74, 6) is 0.693. The molecule has 1 aromatic carbocycles. The summed E-state index contributed by atoms with van der Waals surface area (Å²) in [5.41, 5.74) is 1.13. The normalized spacial score (nSPS) is 19.6. The van der Waals surface area contributed by atoms with Crippen LogP contribution in [0.2, 0.25) is 0 Å². The summed E-state index contributed by atoms with van der Waals surface area (Å²) in [6.45, 7) is 1.64. The highest BCUT2D eigenvalue weighted by Crippen LogP contribution is 2.27. The van der Waals surface area contributed by atoms with Crippen molar-refractivity contribution in [2.45, 2.75) is 31.8 Å². The summed E-state index contributed by atoms with van der Waals surface area (Å²) < 4.78 is 11.2. The van der Waals surface area contributed by atoms with E-state index in [9.17, 15) is 4.79 Å². The van der Waals surface area contributed by atoms with Crippen molar-refractivity contribution >= 4 is 21.9 Å². The monoisotopic (exact) mass is 341 g/mol. The molecule has 4 nitrogen and oxygen atoms in total. The van der Waals surface area contributed by atoms with E-state index >= 15 is 0 Å². The minimum atomic E-state index is -0.135. The molecule has 2 rings (SSSR count). The van der Waals surface area contributed by atoms with Gasteiger partial charge in [-0.25, -0.2) is 0 Å². The van der Waals surface area contributed by atoms with E-state index in [4.69, 9.17) is 9.47 Å². The van der Waals surface area contributed by atoms with Crippen LogP contribution in [0.5, 0.6) is 5.75 Å². The van der Waals surface area contributed by atoms with Crippen molar-refractivity contribution in [2.24, 2.45) is 0 Å². The zero-order valence-corrected chi connectivity index (χ0v) is 13.5. The number of piperidine rings is 1. The highest BCUT2D eigenvalue weighted by Gasteiger charge is 2.29. The fourth-order valence-electron chi connectivity index (χ4n) is 2.60. The molecule has 1 aromatic rings. The first-order chi connectivity index (χ1) is 9.65. The standard InChI is InChI=1S/C15H20BrNO3/c1-19-12-6-7-13(16)11(9-12)10-17-8-4-3-5-14(17)15(18)20-2/h6-7,9,14H,3-5,8,10H2,1-2H3. The van der Waals surface area contributed by atoms with Crippen LogP contribution in [-0.2, 0) is 16.1 Å². The second-order valence-electron chi connectivity index (χ2n) is 4.96. The largest absolute Gasteiger partial charge is 0.497 e. The van der Waals surface area contributed by atoms with Crippen molar-refractivity contribution < 1.29 is 14.3 Å². The molecule has 0 amide bonds. The minimum absolute atomic E-state index is 0.133. The molecule has 1 fully saturated rings. The van der Waals surface area contributed by atoms with Gasteiger partial charge < -0.3 is 9.47 Å². The Kier molecular flexibility index (Phi) is 5.43. The molecule has 1 aliphatic heterocycles. The number of methoxy groups -OCH3 is 2. The zero-order chi connectivity index (χ0) is 14.5. The summed E-state index contributed by atoms with van der Waals surface area (Å²) in [4.78, 5) is 14.1. The first-order valence-electron chi connectivity index (χ1n) is 6.80. The summed E-state index contributed by atoms with van der Waals surface area (Å²) >= 11 is 3.56. The number of rotatable bonds is 4. The van der Waals surface area contributed by atoms with E-state index in [1.165, 1.54) is 7.11 Å². The van der Waals surface area contributed by atoms with Crippen molar-refractivity contribution in [3.8, 4) is 5.75 Å². The minimum Gasteiger partial charge on any atom is -0.497 e. The molecule has 0 radical (unpaired) electrons. The number of carbonyl (C=O) groups is 1. The van der Waals surface area contributed by atoms with E-state index in [1.54, 1.807) is 7.11 Å². The Bertz CT molecular complexity index is 478. The first kappa shape index (κ1) is 15.3. The SMILES string of the molecule is COC(=O)C1CCCCN1Cc1cc(OC)ccc1Br. The smallest absolute Gasteiger partial charge is 0.323 e. The average Bonchev–Trinajstić information content (AvgIpc) is 2.49. The topological polar surface area (TPSA) is 38.8 Å². The lowest BCUT2D eigenvalue weighted by Gasteiger charge is -2.33. The Morgan fingerprint density at radius 1 is 1.40 bits per heavy atom. The molecule has 0 aliphatic carbocycles. The van der Waals surface area contributed by atoms with Crippen molar-refractivity contribution in [1.29, 1.82) is 0 Å². The summed E-state index contributed by atoms with van der Waals surface area (Å²) in [5, 5.41) is 0. The Labute approximate surface area is 128 Å². The van der Waals surface area contributed by atoms with Crippen LogP contribution in [0.4, 0.5) is 0 Å². The maximum absolute atomic E-state index is 11.9. The van der Waals surface area contributed by atoms with Crippen LogP contribution in [0.25, 0.3) is 0 Å². The van der Waals surface area contributed by atoms with Crippen molar-refractivity contribution in [3.05, 3.63) is 28.2 Å². The van der Waals surface area contributed by atoms with Gasteiger partial charge >= 0.3 is 5.97 Å². The average molecular weight is 342 g/mol. The molecule has 0 aromatic heterocycles. The van der Waals surface area contributed by atoms with Crippen molar-refractivity contribution in [2.75, 3.05) is 20.8 Å². The fraction of sp³-hybridized carbons (Fsp3) is 0.533. The summed E-state index contributed by atoms with van der Waals surface area (Å²) in [7, 11) is 3.11. The molecule has 1 saturated heterocycles. The van der Waals surface area contributed by atoms with Crippen LogP contribution < -0.4 is 4.74 Å². The Hall–Kier alpha value is -1.07. The van der Waals surface area contributed by atoms with E-state index in [-0.39, 0.29) is 12.0 Å². The maximum atomic E-state index is 11.9. The first-order valence-corrected chi connectivity index (χ1v) is 7.59. The number of hydrogen-bond acceptors (Lipinski definition) is 4. The molecule has 1 heterocycles. The Morgan fingerprint density at radius 3 is 2.90 bits per heavy atom. The number of esters is 1. The molecular formula is C15H20BrNO3. The molecule has 1 aliphatic rings. The number of halogens is 1. The summed E-state index contributed by atoms with van der Waals surface area (Å²) in [6, 6.07) is 5.77. The molecule has 110 valence electrons. The van der Waals surface area contributed by atoms with E-state index in [0.717, 1.165) is 48.1 Å². The van der Waals surface area contributed by atoms with Gasteiger partial charge in [-0.3, -0.25) is 9.69 Å². The van der Waals surface area contributed by atoms with Gasteiger partial charge in [0, 0.05) is 11.0 Å². The highest BCUT2D eigenvalue weighted by molar-refractivity contribution is 9.10. The van der Waals surface area contributed by atoms with Gasteiger partial charge in [0.15, 0.2) is 0 Å². The lowest BCUT2D eigenvalue weighted by molar-refractivity contribution is -0.148. The molecule has 1 atom stereocenters. The molecule has 20 heavy (non-hydrogen) atoms. The van der Waals surface area contributed by atoms with Crippen molar-refractivity contribution in [1.82, 2.24) is 4.90 Å². The second kappa shape index (κ2) is 7.09. The Balaban J connectivity index is 2.16. The van der Waals surface area contributed by atoms with Crippen LogP contribution >= 0.6 is 15.9 Å².